The standard InChI is InChI=1S/C20H27N3O/c1-3-17-10-11-19(23-20(21)24-4-2)14-18(17)15-22-13-12-16-8-6-5-7-9-16/h5-11,14,22H,3-4,12-13,15H2,1-2H3,(H2,21,23). The lowest BCUT2D eigenvalue weighted by atomic mass is 10.0. The summed E-state index contributed by atoms with van der Waals surface area (Å²) in [5.74, 6) is 0. The molecule has 3 N–H and O–H groups in total. The molecule has 24 heavy (non-hydrogen) atoms. The summed E-state index contributed by atoms with van der Waals surface area (Å²) >= 11 is 0. The summed E-state index contributed by atoms with van der Waals surface area (Å²) in [5.41, 5.74) is 10.5. The van der Waals surface area contributed by atoms with E-state index in [1.54, 1.807) is 0 Å². The molecule has 0 heterocycles. The van der Waals surface area contributed by atoms with Gasteiger partial charge < -0.3 is 15.8 Å². The van der Waals surface area contributed by atoms with Crippen LogP contribution in [0.2, 0.25) is 0 Å². The molecule has 0 aliphatic carbocycles. The van der Waals surface area contributed by atoms with Crippen LogP contribution in [0.4, 0.5) is 5.69 Å². The van der Waals surface area contributed by atoms with Crippen molar-refractivity contribution in [1.82, 2.24) is 5.32 Å². The molecule has 0 bridgehead atoms. The summed E-state index contributed by atoms with van der Waals surface area (Å²) in [6.45, 7) is 6.36. The molecule has 0 radical (unpaired) electrons. The molecular formula is C20H27N3O. The summed E-state index contributed by atoms with van der Waals surface area (Å²) in [5, 5.41) is 3.52. The van der Waals surface area contributed by atoms with Crippen molar-refractivity contribution in [2.45, 2.75) is 33.2 Å². The maximum atomic E-state index is 5.74. The van der Waals surface area contributed by atoms with Crippen molar-refractivity contribution in [2.24, 2.45) is 10.7 Å². The Hall–Kier alpha value is -2.33. The number of nitrogens with zero attached hydrogens (tertiary/aromatic N) is 1. The van der Waals surface area contributed by atoms with Crippen molar-refractivity contribution in [2.75, 3.05) is 13.2 Å². The Balaban J connectivity index is 1.96. The smallest absolute Gasteiger partial charge is 0.287 e. The fourth-order valence-electron chi connectivity index (χ4n) is 2.60. The van der Waals surface area contributed by atoms with Gasteiger partial charge in [0.05, 0.1) is 12.3 Å². The Bertz CT molecular complexity index is 653. The minimum absolute atomic E-state index is 0.213. The fraction of sp³-hybridized carbons (Fsp3) is 0.350. The Kier molecular flexibility index (Phi) is 7.30. The molecule has 2 aromatic carbocycles. The third-order valence-corrected chi connectivity index (χ3v) is 3.85. The summed E-state index contributed by atoms with van der Waals surface area (Å²) in [6.07, 6.45) is 2.03. The van der Waals surface area contributed by atoms with E-state index in [0.29, 0.717) is 6.61 Å². The Labute approximate surface area is 144 Å². The average molecular weight is 325 g/mol. The second kappa shape index (κ2) is 9.73. The number of ether oxygens (including phenoxy) is 1. The molecular weight excluding hydrogens is 298 g/mol. The molecule has 0 amide bonds. The van der Waals surface area contributed by atoms with Crippen LogP contribution in [-0.4, -0.2) is 19.2 Å². The van der Waals surface area contributed by atoms with E-state index in [1.807, 2.05) is 19.1 Å². The van der Waals surface area contributed by atoms with Crippen molar-refractivity contribution in [3.8, 4) is 0 Å². The number of hydrogen-bond acceptors (Lipinski definition) is 3. The van der Waals surface area contributed by atoms with Crippen molar-refractivity contribution in [3.05, 3.63) is 65.2 Å². The van der Waals surface area contributed by atoms with Gasteiger partial charge in [-0.3, -0.25) is 0 Å². The van der Waals surface area contributed by atoms with Crippen molar-refractivity contribution < 1.29 is 4.74 Å². The van der Waals surface area contributed by atoms with Crippen LogP contribution in [0.1, 0.15) is 30.5 Å². The molecule has 2 aromatic rings. The molecule has 0 aromatic heterocycles. The summed E-state index contributed by atoms with van der Waals surface area (Å²) in [6, 6.07) is 16.9. The van der Waals surface area contributed by atoms with Gasteiger partial charge in [-0.25, -0.2) is 0 Å². The second-order valence-electron chi connectivity index (χ2n) is 5.60. The molecule has 0 spiro atoms. The van der Waals surface area contributed by atoms with Crippen molar-refractivity contribution in [1.29, 1.82) is 0 Å². The van der Waals surface area contributed by atoms with Gasteiger partial charge in [-0.2, -0.15) is 4.99 Å². The van der Waals surface area contributed by atoms with Crippen LogP contribution >= 0.6 is 0 Å². The SMILES string of the molecule is CCOC(N)=Nc1ccc(CC)c(CNCCc2ccccc2)c1. The quantitative estimate of drug-likeness (QED) is 0.443. The van der Waals surface area contributed by atoms with Gasteiger partial charge in [0.15, 0.2) is 0 Å². The highest BCUT2D eigenvalue weighted by molar-refractivity contribution is 5.75. The highest BCUT2D eigenvalue weighted by Crippen LogP contribution is 2.19. The molecule has 0 unspecified atom stereocenters. The average Bonchev–Trinajstić information content (AvgIpc) is 2.60. The number of nitrogens with two attached hydrogens (primary N) is 1. The Morgan fingerprint density at radius 1 is 1.08 bits per heavy atom. The molecule has 0 saturated carbocycles. The molecule has 2 rings (SSSR count). The number of hydrogen-bond donors (Lipinski definition) is 2. The molecule has 128 valence electrons. The molecule has 0 atom stereocenters. The highest BCUT2D eigenvalue weighted by atomic mass is 16.5. The monoisotopic (exact) mass is 325 g/mol. The maximum Gasteiger partial charge on any atom is 0.287 e. The predicted octanol–water partition coefficient (Wildman–Crippen LogP) is 3.56. The normalized spacial score (nSPS) is 11.5. The van der Waals surface area contributed by atoms with Crippen LogP contribution in [0.5, 0.6) is 0 Å². The number of nitrogens with one attached hydrogen (secondary N) is 1. The van der Waals surface area contributed by atoms with E-state index in [0.717, 1.165) is 31.6 Å². The van der Waals surface area contributed by atoms with Gasteiger partial charge in [0.1, 0.15) is 0 Å². The predicted molar refractivity (Wildman–Crippen MR) is 101 cm³/mol. The number of rotatable bonds is 8. The van der Waals surface area contributed by atoms with Gasteiger partial charge in [0.25, 0.3) is 6.02 Å². The summed E-state index contributed by atoms with van der Waals surface area (Å²) in [4.78, 5) is 4.31. The summed E-state index contributed by atoms with van der Waals surface area (Å²) in [7, 11) is 0. The van der Waals surface area contributed by atoms with E-state index < -0.39 is 0 Å². The Morgan fingerprint density at radius 2 is 1.88 bits per heavy atom. The zero-order chi connectivity index (χ0) is 17.2. The summed E-state index contributed by atoms with van der Waals surface area (Å²) < 4.78 is 5.20. The number of amidine groups is 1. The fourth-order valence-corrected chi connectivity index (χ4v) is 2.60. The number of benzene rings is 2. The molecule has 0 fully saturated rings. The van der Waals surface area contributed by atoms with Crippen LogP contribution in [0.3, 0.4) is 0 Å². The first-order valence-electron chi connectivity index (χ1n) is 8.56. The maximum absolute atomic E-state index is 5.74. The molecule has 0 saturated heterocycles. The van der Waals surface area contributed by atoms with E-state index in [4.69, 9.17) is 10.5 Å². The molecule has 0 aliphatic heterocycles. The first-order chi connectivity index (χ1) is 11.7. The largest absolute Gasteiger partial charge is 0.465 e. The van der Waals surface area contributed by atoms with Crippen LogP contribution in [0, 0.1) is 0 Å². The molecule has 0 aliphatic rings. The van der Waals surface area contributed by atoms with E-state index in [-0.39, 0.29) is 6.02 Å². The van der Waals surface area contributed by atoms with E-state index in [9.17, 15) is 0 Å². The first kappa shape index (κ1) is 18.0. The van der Waals surface area contributed by atoms with E-state index >= 15 is 0 Å². The molecule has 4 heteroatoms. The highest BCUT2D eigenvalue weighted by Gasteiger charge is 2.03. The Morgan fingerprint density at radius 3 is 2.58 bits per heavy atom. The zero-order valence-corrected chi connectivity index (χ0v) is 14.6. The lowest BCUT2D eigenvalue weighted by Crippen LogP contribution is -2.18. The minimum atomic E-state index is 0.213. The second-order valence-corrected chi connectivity index (χ2v) is 5.60. The van der Waals surface area contributed by atoms with Gasteiger partial charge in [0.2, 0.25) is 0 Å². The van der Waals surface area contributed by atoms with Crippen LogP contribution < -0.4 is 11.1 Å². The van der Waals surface area contributed by atoms with E-state index in [2.05, 4.69) is 53.6 Å². The van der Waals surface area contributed by atoms with Crippen LogP contribution in [0.25, 0.3) is 0 Å². The topological polar surface area (TPSA) is 59.6 Å². The molecule has 4 nitrogen and oxygen atoms in total. The zero-order valence-electron chi connectivity index (χ0n) is 14.6. The number of aryl methyl sites for hydroxylation is 1. The lowest BCUT2D eigenvalue weighted by Gasteiger charge is -2.11. The third kappa shape index (κ3) is 5.70. The van der Waals surface area contributed by atoms with E-state index in [1.165, 1.54) is 16.7 Å². The van der Waals surface area contributed by atoms with Gasteiger partial charge in [0, 0.05) is 6.54 Å². The van der Waals surface area contributed by atoms with Gasteiger partial charge >= 0.3 is 0 Å². The lowest BCUT2D eigenvalue weighted by molar-refractivity contribution is 0.322. The van der Waals surface area contributed by atoms with Crippen molar-refractivity contribution in [3.63, 3.8) is 0 Å². The van der Waals surface area contributed by atoms with Gasteiger partial charge in [-0.05, 0) is 55.1 Å². The minimum Gasteiger partial charge on any atom is -0.465 e. The first-order valence-corrected chi connectivity index (χ1v) is 8.56. The number of aliphatic imine (C=N–C) groups is 1. The van der Waals surface area contributed by atoms with Crippen LogP contribution in [0.15, 0.2) is 53.5 Å². The van der Waals surface area contributed by atoms with Gasteiger partial charge in [-0.15, -0.1) is 0 Å². The van der Waals surface area contributed by atoms with Crippen LogP contribution in [-0.2, 0) is 24.1 Å². The van der Waals surface area contributed by atoms with Crippen molar-refractivity contribution >= 4 is 11.7 Å². The van der Waals surface area contributed by atoms with Gasteiger partial charge in [-0.1, -0.05) is 43.3 Å². The third-order valence-electron chi connectivity index (χ3n) is 3.85.